The normalized spacial score (nSPS) is 9.83. The standard InChI is InChI=1S/C15H13BrClN3O2S/c16-10-6-7-13(12(17)8-10)22-9-14(21)19-20-15(23)18-11-4-2-1-3-5-11/h1-8H,9H2,(H,19,21)(H2,18,20,23). The van der Waals surface area contributed by atoms with Crippen LogP contribution in [0.15, 0.2) is 53.0 Å². The first-order valence-electron chi connectivity index (χ1n) is 6.53. The van der Waals surface area contributed by atoms with Crippen LogP contribution in [0.3, 0.4) is 0 Å². The quantitative estimate of drug-likeness (QED) is 0.528. The van der Waals surface area contributed by atoms with Crippen molar-refractivity contribution in [2.24, 2.45) is 0 Å². The second-order valence-corrected chi connectivity index (χ2v) is 6.09. The molecule has 0 aliphatic rings. The number of carbonyl (C=O) groups is 1. The van der Waals surface area contributed by atoms with Gasteiger partial charge in [0.2, 0.25) is 0 Å². The highest BCUT2D eigenvalue weighted by Gasteiger charge is 2.06. The van der Waals surface area contributed by atoms with Crippen molar-refractivity contribution in [3.63, 3.8) is 0 Å². The number of thiocarbonyl (C=S) groups is 1. The van der Waals surface area contributed by atoms with Gasteiger partial charge in [-0.3, -0.25) is 15.6 Å². The Bertz CT molecular complexity index is 700. The van der Waals surface area contributed by atoms with Gasteiger partial charge in [-0.15, -0.1) is 0 Å². The largest absolute Gasteiger partial charge is 0.482 e. The maximum atomic E-state index is 11.7. The predicted molar refractivity (Wildman–Crippen MR) is 98.6 cm³/mol. The Morgan fingerprint density at radius 2 is 1.91 bits per heavy atom. The number of para-hydroxylation sites is 1. The molecule has 0 heterocycles. The molecule has 0 aliphatic heterocycles. The van der Waals surface area contributed by atoms with E-state index < -0.39 is 0 Å². The van der Waals surface area contributed by atoms with Crippen LogP contribution < -0.4 is 20.9 Å². The number of halogens is 2. The first-order valence-corrected chi connectivity index (χ1v) is 8.11. The van der Waals surface area contributed by atoms with E-state index in [0.29, 0.717) is 10.8 Å². The molecule has 0 fully saturated rings. The van der Waals surface area contributed by atoms with Gasteiger partial charge in [0.1, 0.15) is 5.75 Å². The molecule has 0 unspecified atom stereocenters. The van der Waals surface area contributed by atoms with Crippen LogP contribution in [0, 0.1) is 0 Å². The Morgan fingerprint density at radius 3 is 2.61 bits per heavy atom. The molecule has 0 bridgehead atoms. The van der Waals surface area contributed by atoms with Crippen LogP contribution in [0.5, 0.6) is 5.75 Å². The van der Waals surface area contributed by atoms with Gasteiger partial charge in [0.25, 0.3) is 5.91 Å². The van der Waals surface area contributed by atoms with Gasteiger partial charge in [0, 0.05) is 10.2 Å². The molecule has 3 N–H and O–H groups in total. The van der Waals surface area contributed by atoms with Crippen molar-refractivity contribution in [1.82, 2.24) is 10.9 Å². The van der Waals surface area contributed by atoms with Crippen LogP contribution in [-0.2, 0) is 4.79 Å². The lowest BCUT2D eigenvalue weighted by molar-refractivity contribution is -0.123. The second-order valence-electron chi connectivity index (χ2n) is 4.36. The molecular formula is C15H13BrClN3O2S. The monoisotopic (exact) mass is 413 g/mol. The van der Waals surface area contributed by atoms with Crippen LogP contribution in [-0.4, -0.2) is 17.6 Å². The number of ether oxygens (including phenoxy) is 1. The lowest BCUT2D eigenvalue weighted by Crippen LogP contribution is -2.45. The van der Waals surface area contributed by atoms with Crippen LogP contribution in [0.4, 0.5) is 5.69 Å². The van der Waals surface area contributed by atoms with Crippen LogP contribution in [0.25, 0.3) is 0 Å². The fourth-order valence-electron chi connectivity index (χ4n) is 1.58. The van der Waals surface area contributed by atoms with Gasteiger partial charge in [0.05, 0.1) is 5.02 Å². The summed E-state index contributed by atoms with van der Waals surface area (Å²) in [5.41, 5.74) is 5.84. The average molecular weight is 415 g/mol. The highest BCUT2D eigenvalue weighted by atomic mass is 79.9. The maximum Gasteiger partial charge on any atom is 0.276 e. The van der Waals surface area contributed by atoms with Crippen molar-refractivity contribution in [1.29, 1.82) is 0 Å². The number of anilines is 1. The van der Waals surface area contributed by atoms with Crippen molar-refractivity contribution in [3.8, 4) is 5.75 Å². The van der Waals surface area contributed by atoms with Crippen LogP contribution >= 0.6 is 39.7 Å². The number of rotatable bonds is 4. The summed E-state index contributed by atoms with van der Waals surface area (Å²) >= 11 is 14.4. The minimum atomic E-state index is -0.388. The Labute approximate surface area is 152 Å². The molecule has 0 atom stereocenters. The summed E-state index contributed by atoms with van der Waals surface area (Å²) in [5, 5.41) is 3.61. The van der Waals surface area contributed by atoms with E-state index >= 15 is 0 Å². The fraction of sp³-hybridized carbons (Fsp3) is 0.0667. The lowest BCUT2D eigenvalue weighted by atomic mass is 10.3. The minimum Gasteiger partial charge on any atom is -0.482 e. The van der Waals surface area contributed by atoms with Crippen molar-refractivity contribution in [3.05, 3.63) is 58.0 Å². The highest BCUT2D eigenvalue weighted by Crippen LogP contribution is 2.27. The van der Waals surface area contributed by atoms with Gasteiger partial charge in [-0.25, -0.2) is 0 Å². The smallest absolute Gasteiger partial charge is 0.276 e. The molecule has 0 spiro atoms. The van der Waals surface area contributed by atoms with Crippen molar-refractivity contribution >= 4 is 56.5 Å². The summed E-state index contributed by atoms with van der Waals surface area (Å²) < 4.78 is 6.17. The number of benzene rings is 2. The summed E-state index contributed by atoms with van der Waals surface area (Å²) in [6.07, 6.45) is 0. The van der Waals surface area contributed by atoms with Gasteiger partial charge in [0.15, 0.2) is 11.7 Å². The number of carbonyl (C=O) groups excluding carboxylic acids is 1. The lowest BCUT2D eigenvalue weighted by Gasteiger charge is -2.12. The minimum absolute atomic E-state index is 0.192. The van der Waals surface area contributed by atoms with Gasteiger partial charge >= 0.3 is 0 Å². The van der Waals surface area contributed by atoms with Crippen LogP contribution in [0.2, 0.25) is 5.02 Å². The first kappa shape index (κ1) is 17.5. The molecule has 0 aromatic heterocycles. The molecular weight excluding hydrogens is 402 g/mol. The summed E-state index contributed by atoms with van der Waals surface area (Å²) in [7, 11) is 0. The van der Waals surface area contributed by atoms with E-state index in [0.717, 1.165) is 10.2 Å². The van der Waals surface area contributed by atoms with E-state index in [1.807, 2.05) is 30.3 Å². The molecule has 1 amide bonds. The maximum absolute atomic E-state index is 11.7. The highest BCUT2D eigenvalue weighted by molar-refractivity contribution is 9.10. The van der Waals surface area contributed by atoms with Gasteiger partial charge in [-0.2, -0.15) is 0 Å². The number of nitrogens with one attached hydrogen (secondary N) is 3. The number of hydrazine groups is 1. The first-order chi connectivity index (χ1) is 11.0. The Balaban J connectivity index is 1.73. The van der Waals surface area contributed by atoms with Crippen molar-refractivity contribution in [2.75, 3.05) is 11.9 Å². The molecule has 8 heteroatoms. The Morgan fingerprint density at radius 1 is 1.17 bits per heavy atom. The Hall–Kier alpha value is -1.83. The zero-order valence-corrected chi connectivity index (χ0v) is 15.0. The van der Waals surface area contributed by atoms with Gasteiger partial charge in [-0.1, -0.05) is 45.7 Å². The van der Waals surface area contributed by atoms with E-state index in [9.17, 15) is 4.79 Å². The molecule has 2 aromatic rings. The topological polar surface area (TPSA) is 62.4 Å². The molecule has 0 saturated carbocycles. The van der Waals surface area contributed by atoms with Gasteiger partial charge < -0.3 is 10.1 Å². The third-order valence-electron chi connectivity index (χ3n) is 2.60. The number of hydrogen-bond acceptors (Lipinski definition) is 3. The Kier molecular flexibility index (Phi) is 6.64. The van der Waals surface area contributed by atoms with Crippen molar-refractivity contribution in [2.45, 2.75) is 0 Å². The predicted octanol–water partition coefficient (Wildman–Crippen LogP) is 3.50. The molecule has 0 radical (unpaired) electrons. The second kappa shape index (κ2) is 8.71. The average Bonchev–Trinajstić information content (AvgIpc) is 2.53. The van der Waals surface area contributed by atoms with E-state index in [1.54, 1.807) is 18.2 Å². The summed E-state index contributed by atoms with van der Waals surface area (Å²) in [6, 6.07) is 14.5. The van der Waals surface area contributed by atoms with E-state index in [2.05, 4.69) is 32.1 Å². The third kappa shape index (κ3) is 6.05. The zero-order chi connectivity index (χ0) is 16.7. The van der Waals surface area contributed by atoms with Crippen LogP contribution in [0.1, 0.15) is 0 Å². The molecule has 23 heavy (non-hydrogen) atoms. The molecule has 0 saturated heterocycles. The summed E-state index contributed by atoms with van der Waals surface area (Å²) in [5.74, 6) is 0.0381. The molecule has 0 aliphatic carbocycles. The number of amides is 1. The van der Waals surface area contributed by atoms with Crippen molar-refractivity contribution < 1.29 is 9.53 Å². The molecule has 2 rings (SSSR count). The van der Waals surface area contributed by atoms with E-state index in [-0.39, 0.29) is 17.6 Å². The van der Waals surface area contributed by atoms with E-state index in [1.165, 1.54) is 0 Å². The molecule has 120 valence electrons. The fourth-order valence-corrected chi connectivity index (χ4v) is 2.48. The molecule has 5 nitrogen and oxygen atoms in total. The van der Waals surface area contributed by atoms with E-state index in [4.69, 9.17) is 28.6 Å². The summed E-state index contributed by atoms with van der Waals surface area (Å²) in [4.78, 5) is 11.7. The molecule has 2 aromatic carbocycles. The zero-order valence-electron chi connectivity index (χ0n) is 11.8. The van der Waals surface area contributed by atoms with Gasteiger partial charge in [-0.05, 0) is 42.5 Å². The third-order valence-corrected chi connectivity index (χ3v) is 3.59. The summed E-state index contributed by atoms with van der Waals surface area (Å²) in [6.45, 7) is -0.192. The number of hydrogen-bond donors (Lipinski definition) is 3. The SMILES string of the molecule is O=C(COc1ccc(Br)cc1Cl)NNC(=S)Nc1ccccc1.